The molecule has 1 aromatic carbocycles. The molecule has 0 aliphatic rings. The normalized spacial score (nSPS) is 12.7. The quantitative estimate of drug-likeness (QED) is 0.920. The SMILES string of the molecule is CCc1nn(C)cc1C(NC)c1ccc(F)cc1F. The molecule has 0 saturated carbocycles. The summed E-state index contributed by atoms with van der Waals surface area (Å²) in [5, 5.41) is 7.42. The third-order valence-corrected chi connectivity index (χ3v) is 3.15. The molecule has 0 radical (unpaired) electrons. The fourth-order valence-electron chi connectivity index (χ4n) is 2.28. The molecule has 0 bridgehead atoms. The van der Waals surface area contributed by atoms with E-state index in [1.807, 2.05) is 20.2 Å². The first kappa shape index (κ1) is 13.7. The number of nitrogens with one attached hydrogen (secondary N) is 1. The minimum atomic E-state index is -0.571. The molecule has 1 atom stereocenters. The number of aryl methyl sites for hydroxylation is 2. The molecule has 102 valence electrons. The first-order valence-corrected chi connectivity index (χ1v) is 6.21. The number of aromatic nitrogens is 2. The summed E-state index contributed by atoms with van der Waals surface area (Å²) in [6, 6.07) is 3.31. The van der Waals surface area contributed by atoms with Crippen molar-refractivity contribution in [2.75, 3.05) is 7.05 Å². The van der Waals surface area contributed by atoms with Gasteiger partial charge in [-0.1, -0.05) is 13.0 Å². The van der Waals surface area contributed by atoms with Gasteiger partial charge >= 0.3 is 0 Å². The minimum Gasteiger partial charge on any atom is -0.309 e. The van der Waals surface area contributed by atoms with E-state index in [2.05, 4.69) is 10.4 Å². The Morgan fingerprint density at radius 2 is 2.05 bits per heavy atom. The van der Waals surface area contributed by atoms with E-state index in [0.29, 0.717) is 5.56 Å². The molecule has 0 amide bonds. The highest BCUT2D eigenvalue weighted by Crippen LogP contribution is 2.27. The fraction of sp³-hybridized carbons (Fsp3) is 0.357. The fourth-order valence-corrected chi connectivity index (χ4v) is 2.28. The second-order valence-electron chi connectivity index (χ2n) is 4.45. The summed E-state index contributed by atoms with van der Waals surface area (Å²) in [5.74, 6) is -1.12. The van der Waals surface area contributed by atoms with E-state index in [-0.39, 0.29) is 6.04 Å². The van der Waals surface area contributed by atoms with Crippen LogP contribution < -0.4 is 5.32 Å². The highest BCUT2D eigenvalue weighted by molar-refractivity contribution is 5.34. The molecular weight excluding hydrogens is 248 g/mol. The number of hydrogen-bond donors (Lipinski definition) is 1. The van der Waals surface area contributed by atoms with Gasteiger partial charge in [-0.2, -0.15) is 5.10 Å². The molecule has 0 aliphatic carbocycles. The van der Waals surface area contributed by atoms with Crippen LogP contribution in [0, 0.1) is 11.6 Å². The number of halogens is 2. The second kappa shape index (κ2) is 5.48. The van der Waals surface area contributed by atoms with Gasteiger partial charge in [-0.3, -0.25) is 4.68 Å². The summed E-state index contributed by atoms with van der Waals surface area (Å²) in [4.78, 5) is 0. The lowest BCUT2D eigenvalue weighted by atomic mass is 9.98. The van der Waals surface area contributed by atoms with Crippen LogP contribution in [-0.2, 0) is 13.5 Å². The molecule has 1 unspecified atom stereocenters. The third-order valence-electron chi connectivity index (χ3n) is 3.15. The van der Waals surface area contributed by atoms with Gasteiger partial charge in [0.2, 0.25) is 0 Å². The third kappa shape index (κ3) is 2.66. The molecule has 2 rings (SSSR count). The van der Waals surface area contributed by atoms with Gasteiger partial charge in [0.15, 0.2) is 0 Å². The van der Waals surface area contributed by atoms with Crippen molar-refractivity contribution in [3.05, 3.63) is 52.9 Å². The van der Waals surface area contributed by atoms with Crippen molar-refractivity contribution >= 4 is 0 Å². The van der Waals surface area contributed by atoms with Gasteiger partial charge in [-0.05, 0) is 19.5 Å². The van der Waals surface area contributed by atoms with E-state index in [1.54, 1.807) is 11.7 Å². The first-order valence-electron chi connectivity index (χ1n) is 6.21. The van der Waals surface area contributed by atoms with Gasteiger partial charge in [-0.25, -0.2) is 8.78 Å². The van der Waals surface area contributed by atoms with E-state index in [4.69, 9.17) is 0 Å². The predicted molar refractivity (Wildman–Crippen MR) is 69.8 cm³/mol. The zero-order valence-corrected chi connectivity index (χ0v) is 11.2. The Balaban J connectivity index is 2.49. The minimum absolute atomic E-state index is 0.329. The van der Waals surface area contributed by atoms with Crippen molar-refractivity contribution in [1.82, 2.24) is 15.1 Å². The van der Waals surface area contributed by atoms with Crippen LogP contribution in [-0.4, -0.2) is 16.8 Å². The topological polar surface area (TPSA) is 29.9 Å². The Kier molecular flexibility index (Phi) is 3.95. The summed E-state index contributed by atoms with van der Waals surface area (Å²) in [6.45, 7) is 2.00. The maximum absolute atomic E-state index is 13.9. The van der Waals surface area contributed by atoms with Crippen molar-refractivity contribution in [1.29, 1.82) is 0 Å². The van der Waals surface area contributed by atoms with E-state index < -0.39 is 11.6 Å². The Morgan fingerprint density at radius 1 is 1.32 bits per heavy atom. The van der Waals surface area contributed by atoms with Crippen LogP contribution in [0.2, 0.25) is 0 Å². The molecule has 1 heterocycles. The van der Waals surface area contributed by atoms with Crippen molar-refractivity contribution in [2.45, 2.75) is 19.4 Å². The van der Waals surface area contributed by atoms with Gasteiger partial charge in [0.1, 0.15) is 11.6 Å². The molecule has 0 fully saturated rings. The van der Waals surface area contributed by atoms with Gasteiger partial charge in [-0.15, -0.1) is 0 Å². The predicted octanol–water partition coefficient (Wildman–Crippen LogP) is 2.57. The van der Waals surface area contributed by atoms with Gasteiger partial charge in [0.25, 0.3) is 0 Å². The summed E-state index contributed by atoms with van der Waals surface area (Å²) >= 11 is 0. The van der Waals surface area contributed by atoms with Crippen molar-refractivity contribution < 1.29 is 8.78 Å². The standard InChI is InChI=1S/C14H17F2N3/c1-4-13-11(8-19(3)18-13)14(17-2)10-6-5-9(15)7-12(10)16/h5-8,14,17H,4H2,1-3H3. The lowest BCUT2D eigenvalue weighted by molar-refractivity contribution is 0.550. The van der Waals surface area contributed by atoms with Crippen LogP contribution in [0.15, 0.2) is 24.4 Å². The lowest BCUT2D eigenvalue weighted by Crippen LogP contribution is -2.20. The number of rotatable bonds is 4. The van der Waals surface area contributed by atoms with Crippen LogP contribution >= 0.6 is 0 Å². The Morgan fingerprint density at radius 3 is 2.63 bits per heavy atom. The van der Waals surface area contributed by atoms with Crippen LogP contribution in [0.25, 0.3) is 0 Å². The second-order valence-corrected chi connectivity index (χ2v) is 4.45. The molecule has 0 aliphatic heterocycles. The first-order chi connectivity index (χ1) is 9.06. The molecule has 5 heteroatoms. The summed E-state index contributed by atoms with van der Waals surface area (Å²) in [5.41, 5.74) is 2.25. The molecule has 19 heavy (non-hydrogen) atoms. The van der Waals surface area contributed by atoms with E-state index >= 15 is 0 Å². The maximum atomic E-state index is 13.9. The molecular formula is C14H17F2N3. The summed E-state index contributed by atoms with van der Waals surface area (Å²) in [6.07, 6.45) is 2.62. The van der Waals surface area contributed by atoms with E-state index in [9.17, 15) is 8.78 Å². The highest BCUT2D eigenvalue weighted by atomic mass is 19.1. The molecule has 1 N–H and O–H groups in total. The number of nitrogens with zero attached hydrogens (tertiary/aromatic N) is 2. The van der Waals surface area contributed by atoms with Crippen molar-refractivity contribution in [3.63, 3.8) is 0 Å². The van der Waals surface area contributed by atoms with E-state index in [1.165, 1.54) is 12.1 Å². The summed E-state index contributed by atoms with van der Waals surface area (Å²) < 4.78 is 28.6. The maximum Gasteiger partial charge on any atom is 0.131 e. The molecule has 0 saturated heterocycles. The summed E-state index contributed by atoms with van der Waals surface area (Å²) in [7, 11) is 3.58. The number of benzene rings is 1. The van der Waals surface area contributed by atoms with Crippen LogP contribution in [0.5, 0.6) is 0 Å². The van der Waals surface area contributed by atoms with Crippen molar-refractivity contribution in [2.24, 2.45) is 7.05 Å². The highest BCUT2D eigenvalue weighted by Gasteiger charge is 2.21. The molecule has 0 spiro atoms. The smallest absolute Gasteiger partial charge is 0.131 e. The average molecular weight is 265 g/mol. The van der Waals surface area contributed by atoms with Crippen LogP contribution in [0.4, 0.5) is 8.78 Å². The Labute approximate surface area is 111 Å². The molecule has 3 nitrogen and oxygen atoms in total. The zero-order valence-electron chi connectivity index (χ0n) is 11.2. The molecule has 2 aromatic rings. The van der Waals surface area contributed by atoms with Crippen LogP contribution in [0.1, 0.15) is 29.8 Å². The Bertz CT molecular complexity index is 578. The van der Waals surface area contributed by atoms with Crippen molar-refractivity contribution in [3.8, 4) is 0 Å². The molecule has 1 aromatic heterocycles. The van der Waals surface area contributed by atoms with Gasteiger partial charge in [0.05, 0.1) is 11.7 Å². The van der Waals surface area contributed by atoms with Gasteiger partial charge in [0, 0.05) is 30.4 Å². The largest absolute Gasteiger partial charge is 0.309 e. The van der Waals surface area contributed by atoms with E-state index in [0.717, 1.165) is 23.7 Å². The number of hydrogen-bond acceptors (Lipinski definition) is 2. The van der Waals surface area contributed by atoms with Crippen LogP contribution in [0.3, 0.4) is 0 Å². The lowest BCUT2D eigenvalue weighted by Gasteiger charge is -2.17. The van der Waals surface area contributed by atoms with Gasteiger partial charge < -0.3 is 5.32 Å². The zero-order chi connectivity index (χ0) is 14.0. The monoisotopic (exact) mass is 265 g/mol. The average Bonchev–Trinajstić information content (AvgIpc) is 2.74. The Hall–Kier alpha value is -1.75.